The maximum absolute atomic E-state index is 13.5. The van der Waals surface area contributed by atoms with Gasteiger partial charge < -0.3 is 10.6 Å². The van der Waals surface area contributed by atoms with Crippen LogP contribution >= 0.6 is 11.3 Å². The Morgan fingerprint density at radius 3 is 3.09 bits per heavy atom. The van der Waals surface area contributed by atoms with Crippen LogP contribution in [0, 0.1) is 24.6 Å². The van der Waals surface area contributed by atoms with Crippen molar-refractivity contribution >= 4 is 17.2 Å². The highest BCUT2D eigenvalue weighted by Gasteiger charge is 2.53. The molecule has 1 aromatic heterocycles. The molecule has 4 nitrogen and oxygen atoms in total. The highest BCUT2D eigenvalue weighted by atomic mass is 32.1. The fourth-order valence-corrected chi connectivity index (χ4v) is 4.55. The van der Waals surface area contributed by atoms with Crippen molar-refractivity contribution in [2.45, 2.75) is 19.4 Å². The maximum atomic E-state index is 13.5. The van der Waals surface area contributed by atoms with Crippen molar-refractivity contribution in [1.29, 1.82) is 0 Å². The monoisotopic (exact) mass is 331 g/mol. The van der Waals surface area contributed by atoms with Gasteiger partial charge in [-0.25, -0.2) is 9.37 Å². The van der Waals surface area contributed by atoms with Crippen LogP contribution in [0.3, 0.4) is 0 Å². The largest absolute Gasteiger partial charge is 0.332 e. The number of hydrogen-bond acceptors (Lipinski definition) is 4. The summed E-state index contributed by atoms with van der Waals surface area (Å²) in [5, 5.41) is 0.807. The topological polar surface area (TPSA) is 59.2 Å². The summed E-state index contributed by atoms with van der Waals surface area (Å²) >= 11 is 1.43. The van der Waals surface area contributed by atoms with Gasteiger partial charge in [0, 0.05) is 19.1 Å². The first-order chi connectivity index (χ1) is 11.1. The average Bonchev–Trinajstić information content (AvgIpc) is 3.03. The van der Waals surface area contributed by atoms with Crippen molar-refractivity contribution in [3.63, 3.8) is 0 Å². The molecule has 0 radical (unpaired) electrons. The third kappa shape index (κ3) is 2.46. The van der Waals surface area contributed by atoms with Crippen molar-refractivity contribution in [2.75, 3.05) is 13.1 Å². The van der Waals surface area contributed by atoms with Crippen LogP contribution in [0.2, 0.25) is 0 Å². The SMILES string of the molecule is Cc1nc(C(=O)N2CC3CC3C2CN)c(-c2cccc(F)c2)s1. The number of aromatic nitrogens is 1. The van der Waals surface area contributed by atoms with E-state index in [0.29, 0.717) is 29.6 Å². The van der Waals surface area contributed by atoms with Gasteiger partial charge in [-0.2, -0.15) is 0 Å². The molecule has 23 heavy (non-hydrogen) atoms. The molecule has 1 amide bonds. The van der Waals surface area contributed by atoms with Crippen molar-refractivity contribution in [2.24, 2.45) is 17.6 Å². The molecule has 2 fully saturated rings. The number of hydrogen-bond donors (Lipinski definition) is 1. The molecular weight excluding hydrogens is 313 g/mol. The van der Waals surface area contributed by atoms with Crippen molar-refractivity contribution in [1.82, 2.24) is 9.88 Å². The van der Waals surface area contributed by atoms with Gasteiger partial charge >= 0.3 is 0 Å². The molecule has 1 aliphatic carbocycles. The zero-order valence-electron chi connectivity index (χ0n) is 12.8. The van der Waals surface area contributed by atoms with Crippen LogP contribution in [0.15, 0.2) is 24.3 Å². The minimum atomic E-state index is -0.311. The van der Waals surface area contributed by atoms with E-state index in [2.05, 4.69) is 4.98 Å². The van der Waals surface area contributed by atoms with Crippen molar-refractivity contribution in [3.8, 4) is 10.4 Å². The smallest absolute Gasteiger partial charge is 0.274 e. The van der Waals surface area contributed by atoms with Gasteiger partial charge in [0.15, 0.2) is 0 Å². The third-order valence-corrected chi connectivity index (χ3v) is 5.85. The molecule has 1 aromatic carbocycles. The number of amides is 1. The molecule has 6 heteroatoms. The predicted octanol–water partition coefficient (Wildman–Crippen LogP) is 2.68. The number of thiazole rings is 1. The first-order valence-corrected chi connectivity index (χ1v) is 8.64. The fourth-order valence-electron chi connectivity index (χ4n) is 3.64. The summed E-state index contributed by atoms with van der Waals surface area (Å²) < 4.78 is 13.5. The zero-order valence-corrected chi connectivity index (χ0v) is 13.6. The van der Waals surface area contributed by atoms with E-state index in [1.54, 1.807) is 6.07 Å². The highest BCUT2D eigenvalue weighted by Crippen LogP contribution is 2.49. The summed E-state index contributed by atoms with van der Waals surface area (Å²) in [6.45, 7) is 3.13. The summed E-state index contributed by atoms with van der Waals surface area (Å²) in [6.07, 6.45) is 1.18. The van der Waals surface area contributed by atoms with Crippen LogP contribution in [-0.4, -0.2) is 34.9 Å². The normalized spacial score (nSPS) is 25.5. The van der Waals surface area contributed by atoms with Crippen LogP contribution in [0.4, 0.5) is 4.39 Å². The molecule has 4 rings (SSSR count). The van der Waals surface area contributed by atoms with E-state index in [9.17, 15) is 9.18 Å². The number of nitrogens with zero attached hydrogens (tertiary/aromatic N) is 2. The summed E-state index contributed by atoms with van der Waals surface area (Å²) in [7, 11) is 0. The Morgan fingerprint density at radius 2 is 2.35 bits per heavy atom. The van der Waals surface area contributed by atoms with E-state index in [4.69, 9.17) is 5.73 Å². The van der Waals surface area contributed by atoms with E-state index in [1.165, 1.54) is 29.9 Å². The average molecular weight is 331 g/mol. The Kier molecular flexibility index (Phi) is 3.46. The van der Waals surface area contributed by atoms with E-state index < -0.39 is 0 Å². The first-order valence-electron chi connectivity index (χ1n) is 7.83. The summed E-state index contributed by atoms with van der Waals surface area (Å²) in [5.41, 5.74) is 7.00. The number of carbonyl (C=O) groups excluding carboxylic acids is 1. The fraction of sp³-hybridized carbons (Fsp3) is 0.412. The van der Waals surface area contributed by atoms with Gasteiger partial charge in [0.25, 0.3) is 5.91 Å². The quantitative estimate of drug-likeness (QED) is 0.941. The molecule has 120 valence electrons. The van der Waals surface area contributed by atoms with E-state index in [1.807, 2.05) is 17.9 Å². The lowest BCUT2D eigenvalue weighted by atomic mass is 10.1. The maximum Gasteiger partial charge on any atom is 0.274 e. The van der Waals surface area contributed by atoms with Crippen LogP contribution in [0.5, 0.6) is 0 Å². The molecule has 1 saturated heterocycles. The van der Waals surface area contributed by atoms with E-state index in [-0.39, 0.29) is 17.8 Å². The molecule has 1 aliphatic heterocycles. The van der Waals surface area contributed by atoms with E-state index >= 15 is 0 Å². The number of likely N-dealkylation sites (tertiary alicyclic amines) is 1. The Hall–Kier alpha value is -1.79. The molecular formula is C17H18FN3OS. The molecule has 3 atom stereocenters. The lowest BCUT2D eigenvalue weighted by molar-refractivity contribution is 0.0708. The molecule has 2 N–H and O–H groups in total. The molecule has 2 aromatic rings. The Labute approximate surface area is 138 Å². The Bertz CT molecular complexity index is 775. The van der Waals surface area contributed by atoms with Gasteiger partial charge in [-0.15, -0.1) is 11.3 Å². The van der Waals surface area contributed by atoms with E-state index in [0.717, 1.165) is 16.4 Å². The zero-order chi connectivity index (χ0) is 16.1. The van der Waals surface area contributed by atoms with Gasteiger partial charge in [0.05, 0.1) is 9.88 Å². The number of carbonyl (C=O) groups is 1. The van der Waals surface area contributed by atoms with Gasteiger partial charge in [-0.05, 0) is 42.9 Å². The number of fused-ring (bicyclic) bond motifs is 1. The predicted molar refractivity (Wildman–Crippen MR) is 87.7 cm³/mol. The minimum Gasteiger partial charge on any atom is -0.332 e. The molecule has 2 aliphatic rings. The second-order valence-corrected chi connectivity index (χ2v) is 7.54. The highest BCUT2D eigenvalue weighted by molar-refractivity contribution is 7.15. The lowest BCUT2D eigenvalue weighted by Gasteiger charge is -2.26. The molecule has 2 heterocycles. The minimum absolute atomic E-state index is 0.0729. The third-order valence-electron chi connectivity index (χ3n) is 4.83. The van der Waals surface area contributed by atoms with Crippen LogP contribution in [0.25, 0.3) is 10.4 Å². The van der Waals surface area contributed by atoms with Gasteiger partial charge in [-0.3, -0.25) is 4.79 Å². The van der Waals surface area contributed by atoms with Crippen molar-refractivity contribution in [3.05, 3.63) is 40.8 Å². The lowest BCUT2D eigenvalue weighted by Crippen LogP contribution is -2.43. The molecule has 1 saturated carbocycles. The van der Waals surface area contributed by atoms with Gasteiger partial charge in [0.1, 0.15) is 11.5 Å². The summed E-state index contributed by atoms with van der Waals surface area (Å²) in [5.74, 6) is 0.775. The standard InChI is InChI=1S/C17H18FN3OS/c1-9-20-15(16(23-9)10-3-2-4-12(18)5-10)17(22)21-8-11-6-13(11)14(21)7-19/h2-5,11,13-14H,6-8,19H2,1H3. The summed E-state index contributed by atoms with van der Waals surface area (Å²) in [4.78, 5) is 20.0. The number of halogens is 1. The number of aryl methyl sites for hydroxylation is 1. The molecule has 0 bridgehead atoms. The van der Waals surface area contributed by atoms with Crippen LogP contribution < -0.4 is 5.73 Å². The number of benzene rings is 1. The Balaban J connectivity index is 1.70. The Morgan fingerprint density at radius 1 is 1.52 bits per heavy atom. The number of nitrogens with two attached hydrogens (primary N) is 1. The van der Waals surface area contributed by atoms with Gasteiger partial charge in [-0.1, -0.05) is 12.1 Å². The number of rotatable bonds is 3. The summed E-state index contributed by atoms with van der Waals surface area (Å²) in [6, 6.07) is 6.44. The second kappa shape index (κ2) is 5.39. The second-order valence-electron chi connectivity index (χ2n) is 6.34. The first kappa shape index (κ1) is 14.8. The van der Waals surface area contributed by atoms with Crippen LogP contribution in [0.1, 0.15) is 21.9 Å². The van der Waals surface area contributed by atoms with Crippen LogP contribution in [-0.2, 0) is 0 Å². The van der Waals surface area contributed by atoms with Gasteiger partial charge in [0.2, 0.25) is 0 Å². The molecule has 3 unspecified atom stereocenters. The molecule has 0 spiro atoms. The number of piperidine rings is 1. The van der Waals surface area contributed by atoms with Crippen molar-refractivity contribution < 1.29 is 9.18 Å².